The molecule has 1 fully saturated rings. The van der Waals surface area contributed by atoms with Gasteiger partial charge in [0.2, 0.25) is 0 Å². The van der Waals surface area contributed by atoms with Gasteiger partial charge in [-0.25, -0.2) is 4.79 Å². The standard InChI is InChI=1S/C58H60O7/c1-8-26-56(27-9-2)29-31-57(32-30-56)49-35-40(39-13-11-10-12-14-39)15-24-45(49)52-47-36-50(61-6)51(62-7)37-48(47)54-46(53(52)57)25-28-58(65-54,41-16-20-43(60-5)21-17-41)42-18-22-44(23-19-42)63-33-34-64-55(59)38(3)4/h10-25,28,35-37H,3,8-9,26-27,29-34H2,1-2,4-7H3. The lowest BCUT2D eigenvalue weighted by molar-refractivity contribution is -0.139. The Hall–Kier alpha value is -6.47. The van der Waals surface area contributed by atoms with Crippen LogP contribution in [0.1, 0.15) is 100.0 Å². The third-order valence-electron chi connectivity index (χ3n) is 14.4. The molecule has 1 spiro atoms. The predicted molar refractivity (Wildman–Crippen MR) is 261 cm³/mol. The smallest absolute Gasteiger partial charge is 0.333 e. The molecule has 1 unspecified atom stereocenters. The van der Waals surface area contributed by atoms with Crippen molar-refractivity contribution < 1.29 is 33.2 Å². The van der Waals surface area contributed by atoms with E-state index in [2.05, 4.69) is 118 Å². The lowest BCUT2D eigenvalue weighted by atomic mass is 9.57. The Bertz CT molecular complexity index is 2750. The zero-order valence-electron chi connectivity index (χ0n) is 38.7. The lowest BCUT2D eigenvalue weighted by Gasteiger charge is -2.47. The van der Waals surface area contributed by atoms with Gasteiger partial charge in [0, 0.05) is 33.1 Å². The van der Waals surface area contributed by atoms with Crippen molar-refractivity contribution in [2.45, 2.75) is 83.2 Å². The van der Waals surface area contributed by atoms with Gasteiger partial charge in [-0.15, -0.1) is 0 Å². The molecule has 0 saturated heterocycles. The van der Waals surface area contributed by atoms with Crippen LogP contribution in [0.3, 0.4) is 0 Å². The fourth-order valence-corrected chi connectivity index (χ4v) is 11.3. The Kier molecular flexibility index (Phi) is 12.0. The summed E-state index contributed by atoms with van der Waals surface area (Å²) in [6, 6.07) is 38.3. The summed E-state index contributed by atoms with van der Waals surface area (Å²) in [6.07, 6.45) is 13.9. The zero-order chi connectivity index (χ0) is 45.3. The first kappa shape index (κ1) is 43.8. The summed E-state index contributed by atoms with van der Waals surface area (Å²) in [5, 5.41) is 2.04. The topological polar surface area (TPSA) is 72.5 Å². The van der Waals surface area contributed by atoms with Gasteiger partial charge >= 0.3 is 5.97 Å². The molecule has 1 atom stereocenters. The van der Waals surface area contributed by atoms with Crippen LogP contribution in [0.15, 0.2) is 127 Å². The summed E-state index contributed by atoms with van der Waals surface area (Å²) >= 11 is 0. The second kappa shape index (κ2) is 17.8. The number of carbonyl (C=O) groups excluding carboxylic acids is 1. The summed E-state index contributed by atoms with van der Waals surface area (Å²) in [5.41, 5.74) is 10.2. The van der Waals surface area contributed by atoms with Crippen molar-refractivity contribution in [2.75, 3.05) is 34.5 Å². The molecule has 65 heavy (non-hydrogen) atoms. The van der Waals surface area contributed by atoms with Crippen molar-refractivity contribution >= 4 is 22.8 Å². The van der Waals surface area contributed by atoms with Crippen molar-refractivity contribution in [3.63, 3.8) is 0 Å². The van der Waals surface area contributed by atoms with E-state index in [1.165, 1.54) is 71.9 Å². The van der Waals surface area contributed by atoms with E-state index in [4.69, 9.17) is 28.4 Å². The number of hydrogen-bond donors (Lipinski definition) is 0. The second-order valence-corrected chi connectivity index (χ2v) is 18.1. The van der Waals surface area contributed by atoms with E-state index in [0.717, 1.165) is 51.8 Å². The molecular formula is C58H60O7. The van der Waals surface area contributed by atoms with Gasteiger partial charge in [-0.05, 0) is 138 Å². The molecule has 6 aromatic rings. The summed E-state index contributed by atoms with van der Waals surface area (Å²) in [4.78, 5) is 12.0. The fourth-order valence-electron chi connectivity index (χ4n) is 11.3. The van der Waals surface area contributed by atoms with Gasteiger partial charge in [0.25, 0.3) is 0 Å². The van der Waals surface area contributed by atoms with Crippen LogP contribution in [0.4, 0.5) is 0 Å². The number of benzene rings is 6. The monoisotopic (exact) mass is 868 g/mol. The minimum atomic E-state index is -1.04. The average Bonchev–Trinajstić information content (AvgIpc) is 3.62. The molecule has 6 aromatic carbocycles. The van der Waals surface area contributed by atoms with Crippen molar-refractivity contribution in [2.24, 2.45) is 5.41 Å². The molecule has 7 nitrogen and oxygen atoms in total. The Labute approximate surface area is 384 Å². The molecule has 3 aliphatic rings. The normalized spacial score (nSPS) is 17.4. The Morgan fingerprint density at radius 2 is 1.32 bits per heavy atom. The summed E-state index contributed by atoms with van der Waals surface area (Å²) in [6.45, 7) is 10.3. The first-order valence-corrected chi connectivity index (χ1v) is 23.2. The van der Waals surface area contributed by atoms with Crippen molar-refractivity contribution in [1.29, 1.82) is 0 Å². The predicted octanol–water partition coefficient (Wildman–Crippen LogP) is 13.8. The molecule has 334 valence electrons. The van der Waals surface area contributed by atoms with Crippen LogP contribution >= 0.6 is 0 Å². The first-order chi connectivity index (χ1) is 31.6. The fraction of sp³-hybridized carbons (Fsp3) is 0.328. The molecule has 2 aliphatic carbocycles. The highest BCUT2D eigenvalue weighted by Crippen LogP contribution is 2.65. The number of methoxy groups -OCH3 is 3. The maximum absolute atomic E-state index is 12.0. The van der Waals surface area contributed by atoms with Crippen molar-refractivity contribution in [1.82, 2.24) is 0 Å². The molecule has 1 heterocycles. The van der Waals surface area contributed by atoms with E-state index in [1.54, 1.807) is 28.3 Å². The highest BCUT2D eigenvalue weighted by Gasteiger charge is 2.52. The quantitative estimate of drug-likeness (QED) is 0.0578. The van der Waals surface area contributed by atoms with Gasteiger partial charge in [0.15, 0.2) is 17.1 Å². The minimum Gasteiger partial charge on any atom is -0.497 e. The number of hydrogen-bond acceptors (Lipinski definition) is 7. The maximum Gasteiger partial charge on any atom is 0.333 e. The van der Waals surface area contributed by atoms with E-state index in [-0.39, 0.29) is 18.6 Å². The van der Waals surface area contributed by atoms with Gasteiger partial charge < -0.3 is 28.4 Å². The lowest BCUT2D eigenvalue weighted by Crippen LogP contribution is -2.38. The molecule has 1 aliphatic heterocycles. The van der Waals surface area contributed by atoms with Crippen LogP contribution in [0.2, 0.25) is 0 Å². The van der Waals surface area contributed by atoms with Crippen LogP contribution in [-0.4, -0.2) is 40.5 Å². The van der Waals surface area contributed by atoms with Gasteiger partial charge in [0.05, 0.1) is 21.3 Å². The van der Waals surface area contributed by atoms with Crippen molar-refractivity contribution in [3.8, 4) is 51.0 Å². The largest absolute Gasteiger partial charge is 0.497 e. The van der Waals surface area contributed by atoms with Crippen molar-refractivity contribution in [3.05, 3.63) is 155 Å². The Morgan fingerprint density at radius 3 is 1.92 bits per heavy atom. The number of fused-ring (bicyclic) bond motifs is 10. The number of rotatable bonds is 15. The van der Waals surface area contributed by atoms with Crippen LogP contribution in [0.25, 0.3) is 39.1 Å². The highest BCUT2D eigenvalue weighted by atomic mass is 16.6. The zero-order valence-corrected chi connectivity index (χ0v) is 38.7. The molecule has 0 bridgehead atoms. The van der Waals surface area contributed by atoms with E-state index < -0.39 is 11.6 Å². The number of carbonyl (C=O) groups is 1. The molecule has 1 saturated carbocycles. The maximum atomic E-state index is 12.0. The summed E-state index contributed by atoms with van der Waals surface area (Å²) < 4.78 is 36.8. The molecule has 0 N–H and O–H groups in total. The van der Waals surface area contributed by atoms with Gasteiger partial charge in [-0.1, -0.05) is 106 Å². The van der Waals surface area contributed by atoms with Gasteiger partial charge in [-0.3, -0.25) is 0 Å². The van der Waals surface area contributed by atoms with E-state index >= 15 is 0 Å². The van der Waals surface area contributed by atoms with E-state index in [0.29, 0.717) is 28.2 Å². The van der Waals surface area contributed by atoms with Crippen LogP contribution in [0.5, 0.6) is 28.7 Å². The van der Waals surface area contributed by atoms with Crippen LogP contribution in [0, 0.1) is 5.41 Å². The SMILES string of the molecule is C=C(C)C(=O)OCCOc1ccc(C2(c3ccc(OC)cc3)C=Cc3c4c(c5cc(OC)c(OC)cc5c3O2)-c2ccc(-c3ccccc3)cc2C42CCC(CCC)(CCC)CC2)cc1. The van der Waals surface area contributed by atoms with Crippen LogP contribution in [-0.2, 0) is 20.5 Å². The second-order valence-electron chi connectivity index (χ2n) is 18.1. The number of esters is 1. The molecule has 9 rings (SSSR count). The minimum absolute atomic E-state index is 0.120. The summed E-state index contributed by atoms with van der Waals surface area (Å²) in [7, 11) is 5.08. The molecular weight excluding hydrogens is 809 g/mol. The van der Waals surface area contributed by atoms with Crippen LogP contribution < -0.4 is 23.7 Å². The molecule has 0 amide bonds. The van der Waals surface area contributed by atoms with Gasteiger partial charge in [0.1, 0.15) is 30.5 Å². The Morgan fingerprint density at radius 1 is 0.692 bits per heavy atom. The Balaban J connectivity index is 1.25. The summed E-state index contributed by atoms with van der Waals surface area (Å²) in [5.74, 6) is 3.11. The van der Waals surface area contributed by atoms with E-state index in [1.807, 2.05) is 24.3 Å². The number of ether oxygens (including phenoxy) is 6. The first-order valence-electron chi connectivity index (χ1n) is 23.2. The molecule has 0 radical (unpaired) electrons. The third kappa shape index (κ3) is 7.62. The van der Waals surface area contributed by atoms with E-state index in [9.17, 15) is 4.79 Å². The van der Waals surface area contributed by atoms with Gasteiger partial charge in [-0.2, -0.15) is 0 Å². The average molecular weight is 869 g/mol. The third-order valence-corrected chi connectivity index (χ3v) is 14.4. The molecule has 0 aromatic heterocycles. The molecule has 7 heteroatoms. The highest BCUT2D eigenvalue weighted by molar-refractivity contribution is 6.10.